The maximum atomic E-state index is 12.5. The van der Waals surface area contributed by atoms with Gasteiger partial charge < -0.3 is 10.8 Å². The Morgan fingerprint density at radius 2 is 2.07 bits per heavy atom. The van der Waals surface area contributed by atoms with Crippen LogP contribution in [0.25, 0.3) is 0 Å². The molecule has 0 aliphatic carbocycles. The van der Waals surface area contributed by atoms with Crippen molar-refractivity contribution in [2.75, 3.05) is 6.54 Å². The average Bonchev–Trinajstić information content (AvgIpc) is 2.48. The molecule has 0 spiro atoms. The largest absolute Gasteiger partial charge is 0.423 e. The van der Waals surface area contributed by atoms with Crippen LogP contribution in [0.5, 0.6) is 0 Å². The molecule has 0 saturated heterocycles. The third kappa shape index (κ3) is 1.81. The first kappa shape index (κ1) is 12.0. The van der Waals surface area contributed by atoms with Crippen molar-refractivity contribution in [1.82, 2.24) is 0 Å². The Labute approximate surface area is 90.7 Å². The summed E-state index contributed by atoms with van der Waals surface area (Å²) in [6.45, 7) is -0.893. The third-order valence-corrected chi connectivity index (χ3v) is 3.75. The van der Waals surface area contributed by atoms with Crippen LogP contribution in [0.3, 0.4) is 0 Å². The summed E-state index contributed by atoms with van der Waals surface area (Å²) in [5, 5.41) is 10.9. The van der Waals surface area contributed by atoms with E-state index in [9.17, 15) is 18.3 Å². The van der Waals surface area contributed by atoms with Gasteiger partial charge in [-0.3, -0.25) is 0 Å². The Bertz CT molecular complexity index is 327. The zero-order chi connectivity index (χ0) is 11.0. The third-order valence-electron chi connectivity index (χ3n) is 1.76. The number of aliphatic hydroxyl groups is 1. The maximum Gasteiger partial charge on any atom is 0.423 e. The quantitative estimate of drug-likeness (QED) is 0.877. The van der Waals surface area contributed by atoms with Gasteiger partial charge in [-0.2, -0.15) is 13.2 Å². The van der Waals surface area contributed by atoms with Gasteiger partial charge in [0.1, 0.15) is 0 Å². The van der Waals surface area contributed by atoms with E-state index in [-0.39, 0.29) is 9.35 Å². The number of nitrogens with two attached hydrogens (primary N) is 1. The van der Waals surface area contributed by atoms with E-state index in [0.29, 0.717) is 0 Å². The van der Waals surface area contributed by atoms with Gasteiger partial charge in [0.05, 0.1) is 4.88 Å². The first-order chi connectivity index (χ1) is 6.33. The van der Waals surface area contributed by atoms with Crippen molar-refractivity contribution in [2.24, 2.45) is 5.73 Å². The molecule has 1 atom stereocenters. The lowest BCUT2D eigenvalue weighted by molar-refractivity contribution is -0.261. The molecule has 80 valence electrons. The molecule has 2 nitrogen and oxygen atoms in total. The highest BCUT2D eigenvalue weighted by Gasteiger charge is 2.55. The Hall–Kier alpha value is -0.110. The van der Waals surface area contributed by atoms with Gasteiger partial charge in [-0.15, -0.1) is 11.3 Å². The SMILES string of the molecule is NCC(O)(c1sccc1Br)C(F)(F)F. The van der Waals surface area contributed by atoms with Gasteiger partial charge in [0.15, 0.2) is 0 Å². The van der Waals surface area contributed by atoms with Gasteiger partial charge in [0, 0.05) is 11.0 Å². The molecule has 0 bridgehead atoms. The first-order valence-electron chi connectivity index (χ1n) is 3.55. The molecule has 1 heterocycles. The zero-order valence-electron chi connectivity index (χ0n) is 6.81. The zero-order valence-corrected chi connectivity index (χ0v) is 9.21. The van der Waals surface area contributed by atoms with Gasteiger partial charge in [0.2, 0.25) is 5.60 Å². The summed E-state index contributed by atoms with van der Waals surface area (Å²) in [6.07, 6.45) is -4.77. The highest BCUT2D eigenvalue weighted by molar-refractivity contribution is 9.10. The number of halogens is 4. The molecular weight excluding hydrogens is 283 g/mol. The van der Waals surface area contributed by atoms with Gasteiger partial charge in [-0.05, 0) is 27.4 Å². The fourth-order valence-corrected chi connectivity index (χ4v) is 2.76. The van der Waals surface area contributed by atoms with Crippen LogP contribution in [0.2, 0.25) is 0 Å². The summed E-state index contributed by atoms with van der Waals surface area (Å²) in [7, 11) is 0. The minimum atomic E-state index is -4.77. The smallest absolute Gasteiger partial charge is 0.375 e. The highest BCUT2D eigenvalue weighted by atomic mass is 79.9. The lowest BCUT2D eigenvalue weighted by atomic mass is 10.0. The first-order valence-corrected chi connectivity index (χ1v) is 5.23. The van der Waals surface area contributed by atoms with Crippen molar-refractivity contribution in [1.29, 1.82) is 0 Å². The molecule has 1 unspecified atom stereocenters. The molecule has 0 aliphatic rings. The monoisotopic (exact) mass is 289 g/mol. The highest BCUT2D eigenvalue weighted by Crippen LogP contribution is 2.43. The predicted molar refractivity (Wildman–Crippen MR) is 51.0 cm³/mol. The van der Waals surface area contributed by atoms with E-state index in [2.05, 4.69) is 15.9 Å². The van der Waals surface area contributed by atoms with Crippen molar-refractivity contribution in [3.05, 3.63) is 20.8 Å². The standard InChI is InChI=1S/C7H7BrF3NOS/c8-4-1-2-14-5(4)6(13,3-12)7(9,10)11/h1-2,13H,3,12H2. The average molecular weight is 290 g/mol. The lowest BCUT2D eigenvalue weighted by Crippen LogP contribution is -2.47. The second kappa shape index (κ2) is 3.80. The van der Waals surface area contributed by atoms with Crippen LogP contribution < -0.4 is 5.73 Å². The van der Waals surface area contributed by atoms with E-state index >= 15 is 0 Å². The summed E-state index contributed by atoms with van der Waals surface area (Å²) in [5.74, 6) is 0. The molecule has 0 amide bonds. The van der Waals surface area contributed by atoms with Gasteiger partial charge in [0.25, 0.3) is 0 Å². The van der Waals surface area contributed by atoms with Crippen molar-refractivity contribution >= 4 is 27.3 Å². The fourth-order valence-electron chi connectivity index (χ4n) is 0.926. The molecule has 1 aromatic heterocycles. The molecule has 3 N–H and O–H groups in total. The molecule has 0 aromatic carbocycles. The summed E-state index contributed by atoms with van der Waals surface area (Å²) in [6, 6.07) is 1.44. The van der Waals surface area contributed by atoms with E-state index in [1.165, 1.54) is 11.4 Å². The number of hydrogen-bond acceptors (Lipinski definition) is 3. The van der Waals surface area contributed by atoms with Crippen molar-refractivity contribution in [2.45, 2.75) is 11.8 Å². The Kier molecular flexibility index (Phi) is 3.25. The van der Waals surface area contributed by atoms with Gasteiger partial charge in [-0.1, -0.05) is 0 Å². The molecular formula is C7H7BrF3NOS. The number of thiophene rings is 1. The van der Waals surface area contributed by atoms with Crippen molar-refractivity contribution < 1.29 is 18.3 Å². The Morgan fingerprint density at radius 1 is 1.50 bits per heavy atom. The van der Waals surface area contributed by atoms with E-state index < -0.39 is 18.3 Å². The molecule has 7 heteroatoms. The van der Waals surface area contributed by atoms with Crippen LogP contribution in [0.15, 0.2) is 15.9 Å². The number of rotatable bonds is 2. The molecule has 0 fully saturated rings. The topological polar surface area (TPSA) is 46.2 Å². The minimum absolute atomic E-state index is 0.215. The normalized spacial score (nSPS) is 16.7. The van der Waals surface area contributed by atoms with Crippen LogP contribution in [-0.4, -0.2) is 17.8 Å². The Balaban J connectivity index is 3.22. The Morgan fingerprint density at radius 3 is 2.36 bits per heavy atom. The van der Waals surface area contributed by atoms with Crippen LogP contribution in [-0.2, 0) is 5.60 Å². The molecule has 1 rings (SSSR count). The molecule has 14 heavy (non-hydrogen) atoms. The van der Waals surface area contributed by atoms with Crippen molar-refractivity contribution in [3.63, 3.8) is 0 Å². The molecule has 0 radical (unpaired) electrons. The predicted octanol–water partition coefficient (Wildman–Crippen LogP) is 2.22. The van der Waals surface area contributed by atoms with Crippen LogP contribution in [0, 0.1) is 0 Å². The van der Waals surface area contributed by atoms with E-state index in [1.807, 2.05) is 0 Å². The molecule has 0 aliphatic heterocycles. The summed E-state index contributed by atoms with van der Waals surface area (Å²) in [5.41, 5.74) is 2.01. The second-order valence-electron chi connectivity index (χ2n) is 2.66. The summed E-state index contributed by atoms with van der Waals surface area (Å²) >= 11 is 3.74. The maximum absolute atomic E-state index is 12.5. The van der Waals surface area contributed by atoms with Crippen LogP contribution in [0.4, 0.5) is 13.2 Å². The van der Waals surface area contributed by atoms with Crippen molar-refractivity contribution in [3.8, 4) is 0 Å². The van der Waals surface area contributed by atoms with Crippen LogP contribution in [0.1, 0.15) is 4.88 Å². The second-order valence-corrected chi connectivity index (χ2v) is 4.43. The van der Waals surface area contributed by atoms with Gasteiger partial charge in [-0.25, -0.2) is 0 Å². The van der Waals surface area contributed by atoms with E-state index in [0.717, 1.165) is 11.3 Å². The molecule has 1 aromatic rings. The number of alkyl halides is 3. The summed E-state index contributed by atoms with van der Waals surface area (Å²) in [4.78, 5) is -0.215. The fraction of sp³-hybridized carbons (Fsp3) is 0.429. The summed E-state index contributed by atoms with van der Waals surface area (Å²) < 4.78 is 37.7. The minimum Gasteiger partial charge on any atom is -0.375 e. The van der Waals surface area contributed by atoms with E-state index in [4.69, 9.17) is 5.73 Å². The van der Waals surface area contributed by atoms with E-state index in [1.54, 1.807) is 0 Å². The molecule has 0 saturated carbocycles. The number of hydrogen-bond donors (Lipinski definition) is 2. The van der Waals surface area contributed by atoms with Crippen LogP contribution >= 0.6 is 27.3 Å². The van der Waals surface area contributed by atoms with Gasteiger partial charge >= 0.3 is 6.18 Å². The lowest BCUT2D eigenvalue weighted by Gasteiger charge is -2.28.